The first-order valence-electron chi connectivity index (χ1n) is 3.98. The van der Waals surface area contributed by atoms with E-state index < -0.39 is 15.2 Å². The molecule has 0 bridgehead atoms. The SMILES string of the molecule is Cc1ccc(CNS(=O)(=O)CCl)cn1. The van der Waals surface area contributed by atoms with E-state index in [9.17, 15) is 8.42 Å². The molecule has 0 aromatic carbocycles. The first-order chi connectivity index (χ1) is 6.53. The van der Waals surface area contributed by atoms with E-state index in [2.05, 4.69) is 9.71 Å². The fraction of sp³-hybridized carbons (Fsp3) is 0.375. The molecule has 0 aliphatic heterocycles. The number of aromatic nitrogens is 1. The molecule has 1 aromatic heterocycles. The zero-order valence-corrected chi connectivity index (χ0v) is 9.27. The minimum atomic E-state index is -3.34. The fourth-order valence-electron chi connectivity index (χ4n) is 0.835. The Labute approximate surface area is 88.4 Å². The average Bonchev–Trinajstić information content (AvgIpc) is 2.17. The molecule has 1 rings (SSSR count). The quantitative estimate of drug-likeness (QED) is 0.791. The first kappa shape index (κ1) is 11.4. The van der Waals surface area contributed by atoms with Crippen molar-refractivity contribution in [3.63, 3.8) is 0 Å². The van der Waals surface area contributed by atoms with Gasteiger partial charge in [-0.05, 0) is 18.6 Å². The molecule has 0 saturated carbocycles. The summed E-state index contributed by atoms with van der Waals surface area (Å²) in [6, 6.07) is 3.64. The van der Waals surface area contributed by atoms with Gasteiger partial charge >= 0.3 is 0 Å². The van der Waals surface area contributed by atoms with Gasteiger partial charge in [0.15, 0.2) is 0 Å². The zero-order chi connectivity index (χ0) is 10.6. The summed E-state index contributed by atoms with van der Waals surface area (Å²) < 4.78 is 24.3. The van der Waals surface area contributed by atoms with Crippen LogP contribution in [0.4, 0.5) is 0 Å². The lowest BCUT2D eigenvalue weighted by molar-refractivity contribution is 0.586. The topological polar surface area (TPSA) is 59.1 Å². The lowest BCUT2D eigenvalue weighted by Crippen LogP contribution is -2.23. The largest absolute Gasteiger partial charge is 0.261 e. The summed E-state index contributed by atoms with van der Waals surface area (Å²) in [6.45, 7) is 2.09. The van der Waals surface area contributed by atoms with Crippen LogP contribution in [0.1, 0.15) is 11.3 Å². The van der Waals surface area contributed by atoms with Crippen LogP contribution in [0.15, 0.2) is 18.3 Å². The van der Waals surface area contributed by atoms with E-state index in [-0.39, 0.29) is 6.54 Å². The summed E-state index contributed by atoms with van der Waals surface area (Å²) in [4.78, 5) is 4.04. The summed E-state index contributed by atoms with van der Waals surface area (Å²) in [5.41, 5.74) is 1.71. The van der Waals surface area contributed by atoms with Crippen LogP contribution in [-0.2, 0) is 16.6 Å². The third kappa shape index (κ3) is 3.61. The van der Waals surface area contributed by atoms with E-state index in [0.717, 1.165) is 11.3 Å². The normalized spacial score (nSPS) is 11.6. The minimum absolute atomic E-state index is 0.225. The van der Waals surface area contributed by atoms with Crippen molar-refractivity contribution in [1.82, 2.24) is 9.71 Å². The maximum atomic E-state index is 11.0. The Morgan fingerprint density at radius 2 is 2.21 bits per heavy atom. The van der Waals surface area contributed by atoms with Gasteiger partial charge in [-0.25, -0.2) is 13.1 Å². The molecular weight excluding hydrogens is 224 g/mol. The van der Waals surface area contributed by atoms with Gasteiger partial charge in [0.1, 0.15) is 5.21 Å². The number of halogens is 1. The van der Waals surface area contributed by atoms with Crippen molar-refractivity contribution < 1.29 is 8.42 Å². The second kappa shape index (κ2) is 4.72. The van der Waals surface area contributed by atoms with E-state index >= 15 is 0 Å². The zero-order valence-electron chi connectivity index (χ0n) is 7.70. The highest BCUT2D eigenvalue weighted by Gasteiger charge is 2.06. The van der Waals surface area contributed by atoms with Crippen molar-refractivity contribution in [2.75, 3.05) is 5.21 Å². The van der Waals surface area contributed by atoms with Crippen LogP contribution in [0.5, 0.6) is 0 Å². The Bertz CT molecular complexity index is 388. The molecular formula is C8H11ClN2O2S. The van der Waals surface area contributed by atoms with Crippen LogP contribution in [-0.4, -0.2) is 18.6 Å². The summed E-state index contributed by atoms with van der Waals surface area (Å²) in [6.07, 6.45) is 1.63. The van der Waals surface area contributed by atoms with Crippen molar-refractivity contribution >= 4 is 21.6 Å². The molecule has 0 saturated heterocycles. The lowest BCUT2D eigenvalue weighted by Gasteiger charge is -2.03. The number of hydrogen-bond donors (Lipinski definition) is 1. The number of hydrogen-bond acceptors (Lipinski definition) is 3. The predicted molar refractivity (Wildman–Crippen MR) is 55.5 cm³/mol. The van der Waals surface area contributed by atoms with Crippen molar-refractivity contribution in [2.45, 2.75) is 13.5 Å². The van der Waals surface area contributed by atoms with Gasteiger partial charge in [-0.1, -0.05) is 6.07 Å². The Kier molecular flexibility index (Phi) is 3.86. The first-order valence-corrected chi connectivity index (χ1v) is 6.17. The molecule has 4 nitrogen and oxygen atoms in total. The van der Waals surface area contributed by atoms with Crippen LogP contribution in [0.2, 0.25) is 0 Å². The van der Waals surface area contributed by atoms with Crippen LogP contribution < -0.4 is 4.72 Å². The molecule has 0 atom stereocenters. The molecule has 0 amide bonds. The third-order valence-corrected chi connectivity index (χ3v) is 3.35. The van der Waals surface area contributed by atoms with Gasteiger partial charge < -0.3 is 0 Å². The number of aryl methyl sites for hydroxylation is 1. The van der Waals surface area contributed by atoms with E-state index in [1.165, 1.54) is 0 Å². The van der Waals surface area contributed by atoms with Crippen molar-refractivity contribution in [3.05, 3.63) is 29.6 Å². The number of nitrogens with zero attached hydrogens (tertiary/aromatic N) is 1. The van der Waals surface area contributed by atoms with Gasteiger partial charge in [-0.3, -0.25) is 4.98 Å². The van der Waals surface area contributed by atoms with Crippen molar-refractivity contribution in [3.8, 4) is 0 Å². The number of alkyl halides is 1. The van der Waals surface area contributed by atoms with Gasteiger partial charge in [0.25, 0.3) is 0 Å². The molecule has 78 valence electrons. The molecule has 0 fully saturated rings. The second-order valence-corrected chi connectivity index (χ2v) is 5.24. The molecule has 0 radical (unpaired) electrons. The maximum Gasteiger partial charge on any atom is 0.225 e. The smallest absolute Gasteiger partial charge is 0.225 e. The highest BCUT2D eigenvalue weighted by molar-refractivity contribution is 7.90. The summed E-state index contributed by atoms with van der Waals surface area (Å²) >= 11 is 5.22. The predicted octanol–water partition coefficient (Wildman–Crippen LogP) is 1.01. The molecule has 0 spiro atoms. The maximum absolute atomic E-state index is 11.0. The average molecular weight is 235 g/mol. The molecule has 1 aromatic rings. The van der Waals surface area contributed by atoms with E-state index in [1.54, 1.807) is 6.20 Å². The molecule has 0 unspecified atom stereocenters. The van der Waals surface area contributed by atoms with Crippen LogP contribution in [0.3, 0.4) is 0 Å². The molecule has 0 aliphatic carbocycles. The van der Waals surface area contributed by atoms with Gasteiger partial charge in [0.2, 0.25) is 10.0 Å². The van der Waals surface area contributed by atoms with E-state index in [0.29, 0.717) is 0 Å². The van der Waals surface area contributed by atoms with Crippen LogP contribution >= 0.6 is 11.6 Å². The lowest BCUT2D eigenvalue weighted by atomic mass is 10.2. The summed E-state index contributed by atoms with van der Waals surface area (Å²) in [5.74, 6) is 0. The van der Waals surface area contributed by atoms with Crippen molar-refractivity contribution in [2.24, 2.45) is 0 Å². The van der Waals surface area contributed by atoms with E-state index in [1.807, 2.05) is 19.1 Å². The second-order valence-electron chi connectivity index (χ2n) is 2.85. The Morgan fingerprint density at radius 3 is 2.71 bits per heavy atom. The minimum Gasteiger partial charge on any atom is -0.261 e. The standard InChI is InChI=1S/C8H11ClN2O2S/c1-7-2-3-8(4-10-7)5-11-14(12,13)6-9/h2-4,11H,5-6H2,1H3. The number of sulfonamides is 1. The molecule has 0 aliphatic rings. The van der Waals surface area contributed by atoms with Gasteiger partial charge in [-0.15, -0.1) is 11.6 Å². The number of pyridine rings is 1. The third-order valence-electron chi connectivity index (χ3n) is 1.61. The van der Waals surface area contributed by atoms with Gasteiger partial charge in [0.05, 0.1) is 0 Å². The summed E-state index contributed by atoms with van der Waals surface area (Å²) in [7, 11) is -3.34. The highest BCUT2D eigenvalue weighted by Crippen LogP contribution is 2.00. The van der Waals surface area contributed by atoms with E-state index in [4.69, 9.17) is 11.6 Å². The van der Waals surface area contributed by atoms with Crippen LogP contribution in [0, 0.1) is 6.92 Å². The van der Waals surface area contributed by atoms with Crippen LogP contribution in [0.25, 0.3) is 0 Å². The van der Waals surface area contributed by atoms with Crippen molar-refractivity contribution in [1.29, 1.82) is 0 Å². The van der Waals surface area contributed by atoms with Gasteiger partial charge in [-0.2, -0.15) is 0 Å². The Hall–Kier alpha value is -0.650. The summed E-state index contributed by atoms with van der Waals surface area (Å²) in [5, 5.41) is -0.424. The van der Waals surface area contributed by atoms with Gasteiger partial charge in [0, 0.05) is 18.4 Å². The fourth-order valence-corrected chi connectivity index (χ4v) is 1.53. The number of rotatable bonds is 4. The number of nitrogens with one attached hydrogen (secondary N) is 1. The molecule has 6 heteroatoms. The molecule has 14 heavy (non-hydrogen) atoms. The molecule has 1 N–H and O–H groups in total. The monoisotopic (exact) mass is 234 g/mol. The molecule has 1 heterocycles. The Balaban J connectivity index is 2.59. The Morgan fingerprint density at radius 1 is 1.50 bits per heavy atom. The highest BCUT2D eigenvalue weighted by atomic mass is 35.5.